The van der Waals surface area contributed by atoms with Gasteiger partial charge in [-0.3, -0.25) is 15.1 Å². The van der Waals surface area contributed by atoms with Crippen LogP contribution < -0.4 is 5.06 Å². The fourth-order valence-corrected chi connectivity index (χ4v) is 1.58. The SMILES string of the molecule is Cc1cccc(N([O-])c2cnccc2[N+](=O)[O-])c1. The summed E-state index contributed by atoms with van der Waals surface area (Å²) in [6.07, 6.45) is 2.47. The van der Waals surface area contributed by atoms with Crippen LogP contribution >= 0.6 is 0 Å². The normalized spacial score (nSPS) is 10.1. The Bertz CT molecular complexity index is 586. The summed E-state index contributed by atoms with van der Waals surface area (Å²) in [7, 11) is 0. The summed E-state index contributed by atoms with van der Waals surface area (Å²) in [6.45, 7) is 1.84. The molecule has 2 aromatic rings. The van der Waals surface area contributed by atoms with Gasteiger partial charge in [-0.15, -0.1) is 0 Å². The van der Waals surface area contributed by atoms with Crippen LogP contribution in [-0.4, -0.2) is 9.91 Å². The van der Waals surface area contributed by atoms with Crippen LogP contribution in [0.5, 0.6) is 0 Å². The van der Waals surface area contributed by atoms with Gasteiger partial charge >= 0.3 is 0 Å². The smallest absolute Gasteiger partial charge is 0.295 e. The molecular weight excluding hydrogens is 234 g/mol. The zero-order valence-electron chi connectivity index (χ0n) is 9.61. The number of nitrogens with zero attached hydrogens (tertiary/aromatic N) is 3. The molecule has 0 N–H and O–H groups in total. The molecule has 1 heterocycles. The minimum absolute atomic E-state index is 0.0758. The molecule has 2 rings (SSSR count). The van der Waals surface area contributed by atoms with Crippen LogP contribution in [0.3, 0.4) is 0 Å². The summed E-state index contributed by atoms with van der Waals surface area (Å²) < 4.78 is 0. The van der Waals surface area contributed by atoms with Crippen LogP contribution in [0.25, 0.3) is 0 Å². The standard InChI is InChI=1S/C12H10N3O3/c1-9-3-2-4-10(7-9)14(16)12-8-13-6-5-11(12)15(17)18/h2-8H,1H3/q-1. The lowest BCUT2D eigenvalue weighted by Gasteiger charge is -2.29. The second-order valence-corrected chi connectivity index (χ2v) is 3.75. The van der Waals surface area contributed by atoms with Gasteiger partial charge in [-0.05, 0) is 24.6 Å². The van der Waals surface area contributed by atoms with E-state index < -0.39 is 4.92 Å². The van der Waals surface area contributed by atoms with Crippen molar-refractivity contribution in [1.82, 2.24) is 4.98 Å². The predicted molar refractivity (Wildman–Crippen MR) is 67.6 cm³/mol. The summed E-state index contributed by atoms with van der Waals surface area (Å²) in [4.78, 5) is 14.0. The molecule has 0 aliphatic carbocycles. The molecule has 0 unspecified atom stereocenters. The number of nitro groups is 1. The molecule has 0 saturated carbocycles. The van der Waals surface area contributed by atoms with Gasteiger partial charge in [0.2, 0.25) is 0 Å². The highest BCUT2D eigenvalue weighted by molar-refractivity contribution is 5.71. The Hall–Kier alpha value is -2.47. The Morgan fingerprint density at radius 3 is 2.78 bits per heavy atom. The van der Waals surface area contributed by atoms with Crippen molar-refractivity contribution in [3.05, 3.63) is 63.6 Å². The van der Waals surface area contributed by atoms with E-state index in [9.17, 15) is 15.3 Å². The van der Waals surface area contributed by atoms with Crippen molar-refractivity contribution < 1.29 is 4.92 Å². The highest BCUT2D eigenvalue weighted by Crippen LogP contribution is 2.31. The monoisotopic (exact) mass is 244 g/mol. The number of anilines is 2. The quantitative estimate of drug-likeness (QED) is 0.612. The molecule has 92 valence electrons. The molecule has 18 heavy (non-hydrogen) atoms. The van der Waals surface area contributed by atoms with Gasteiger partial charge in [-0.25, -0.2) is 0 Å². The molecule has 0 atom stereocenters. The van der Waals surface area contributed by atoms with Crippen LogP contribution in [0.1, 0.15) is 5.56 Å². The van der Waals surface area contributed by atoms with Gasteiger partial charge in [-0.2, -0.15) is 0 Å². The molecule has 6 heteroatoms. The third-order valence-corrected chi connectivity index (χ3v) is 2.43. The van der Waals surface area contributed by atoms with Crippen LogP contribution in [-0.2, 0) is 0 Å². The van der Waals surface area contributed by atoms with E-state index in [0.29, 0.717) is 10.8 Å². The molecule has 0 spiro atoms. The second-order valence-electron chi connectivity index (χ2n) is 3.75. The van der Waals surface area contributed by atoms with E-state index in [1.54, 1.807) is 18.2 Å². The highest BCUT2D eigenvalue weighted by atomic mass is 16.6. The average molecular weight is 244 g/mol. The van der Waals surface area contributed by atoms with Crippen molar-refractivity contribution in [3.63, 3.8) is 0 Å². The summed E-state index contributed by atoms with van der Waals surface area (Å²) >= 11 is 0. The van der Waals surface area contributed by atoms with Gasteiger partial charge in [0.1, 0.15) is 5.69 Å². The lowest BCUT2D eigenvalue weighted by Crippen LogP contribution is -2.09. The molecule has 0 saturated heterocycles. The summed E-state index contributed by atoms with van der Waals surface area (Å²) in [5.41, 5.74) is 0.903. The Balaban J connectivity index is 2.46. The summed E-state index contributed by atoms with van der Waals surface area (Å²) in [5, 5.41) is 23.4. The number of rotatable bonds is 3. The van der Waals surface area contributed by atoms with Gasteiger partial charge < -0.3 is 10.3 Å². The summed E-state index contributed by atoms with van der Waals surface area (Å²) in [5.74, 6) is 0. The van der Waals surface area contributed by atoms with Crippen molar-refractivity contribution >= 4 is 17.1 Å². The zero-order chi connectivity index (χ0) is 13.1. The maximum absolute atomic E-state index is 12.1. The van der Waals surface area contributed by atoms with Gasteiger partial charge in [0.05, 0.1) is 11.1 Å². The first kappa shape index (κ1) is 12.0. The van der Waals surface area contributed by atoms with E-state index in [2.05, 4.69) is 4.98 Å². The molecule has 0 fully saturated rings. The minimum atomic E-state index is -0.599. The second kappa shape index (κ2) is 4.80. The van der Waals surface area contributed by atoms with Gasteiger partial charge in [0.15, 0.2) is 0 Å². The van der Waals surface area contributed by atoms with Crippen molar-refractivity contribution in [2.24, 2.45) is 0 Å². The molecule has 0 amide bonds. The molecule has 1 aromatic carbocycles. The molecule has 0 radical (unpaired) electrons. The first-order chi connectivity index (χ1) is 8.59. The van der Waals surface area contributed by atoms with Crippen molar-refractivity contribution in [2.45, 2.75) is 6.92 Å². The third kappa shape index (κ3) is 2.28. The average Bonchev–Trinajstić information content (AvgIpc) is 2.38. The number of aromatic nitrogens is 1. The van der Waals surface area contributed by atoms with Crippen LogP contribution in [0.2, 0.25) is 0 Å². The van der Waals surface area contributed by atoms with Gasteiger partial charge in [-0.1, -0.05) is 12.1 Å². The van der Waals surface area contributed by atoms with Crippen molar-refractivity contribution in [1.29, 1.82) is 0 Å². The van der Waals surface area contributed by atoms with Crippen LogP contribution in [0.15, 0.2) is 42.7 Å². The van der Waals surface area contributed by atoms with Gasteiger partial charge in [0.25, 0.3) is 5.69 Å². The molecule has 1 aromatic heterocycles. The molecular formula is C12H10N3O3-. The fourth-order valence-electron chi connectivity index (χ4n) is 1.58. The first-order valence-corrected chi connectivity index (χ1v) is 5.22. The molecule has 0 aliphatic heterocycles. The number of hydrogen-bond donors (Lipinski definition) is 0. The molecule has 0 bridgehead atoms. The third-order valence-electron chi connectivity index (χ3n) is 2.43. The number of pyridine rings is 1. The maximum atomic E-state index is 12.1. The largest absolute Gasteiger partial charge is 0.754 e. The fraction of sp³-hybridized carbons (Fsp3) is 0.0833. The Morgan fingerprint density at radius 2 is 2.11 bits per heavy atom. The molecule has 6 nitrogen and oxygen atoms in total. The minimum Gasteiger partial charge on any atom is -0.754 e. The number of hydrogen-bond acceptors (Lipinski definition) is 5. The van der Waals surface area contributed by atoms with E-state index in [1.807, 2.05) is 13.0 Å². The van der Waals surface area contributed by atoms with Gasteiger partial charge in [0, 0.05) is 18.0 Å². The summed E-state index contributed by atoms with van der Waals surface area (Å²) in [6, 6.07) is 8.02. The van der Waals surface area contributed by atoms with E-state index in [0.717, 1.165) is 5.56 Å². The zero-order valence-corrected chi connectivity index (χ0v) is 9.61. The first-order valence-electron chi connectivity index (χ1n) is 5.22. The van der Waals surface area contributed by atoms with Crippen LogP contribution in [0, 0.1) is 22.2 Å². The predicted octanol–water partition coefficient (Wildman–Crippen LogP) is 2.93. The van der Waals surface area contributed by atoms with Crippen LogP contribution in [0.4, 0.5) is 17.1 Å². The topological polar surface area (TPSA) is 82.3 Å². The number of benzene rings is 1. The Kier molecular flexibility index (Phi) is 3.20. The lowest BCUT2D eigenvalue weighted by atomic mass is 10.2. The van der Waals surface area contributed by atoms with E-state index in [4.69, 9.17) is 0 Å². The lowest BCUT2D eigenvalue weighted by molar-refractivity contribution is -0.384. The highest BCUT2D eigenvalue weighted by Gasteiger charge is 2.15. The Morgan fingerprint density at radius 1 is 1.33 bits per heavy atom. The van der Waals surface area contributed by atoms with Crippen molar-refractivity contribution in [3.8, 4) is 0 Å². The maximum Gasteiger partial charge on any atom is 0.295 e. The van der Waals surface area contributed by atoms with E-state index in [1.165, 1.54) is 18.5 Å². The Labute approximate surface area is 103 Å². The van der Waals surface area contributed by atoms with Crippen molar-refractivity contribution in [2.75, 3.05) is 5.06 Å². The number of aryl methyl sites for hydroxylation is 1. The van der Waals surface area contributed by atoms with E-state index in [-0.39, 0.29) is 11.4 Å². The molecule has 0 aliphatic rings. The van der Waals surface area contributed by atoms with E-state index >= 15 is 0 Å².